The molecule has 2 aromatic rings. The van der Waals surface area contributed by atoms with Gasteiger partial charge in [-0.1, -0.05) is 0 Å². The van der Waals surface area contributed by atoms with Crippen LogP contribution < -0.4 is 10.2 Å². The molecule has 0 unspecified atom stereocenters. The van der Waals surface area contributed by atoms with E-state index < -0.39 is 0 Å². The van der Waals surface area contributed by atoms with Crippen LogP contribution in [0.1, 0.15) is 5.82 Å². The predicted molar refractivity (Wildman–Crippen MR) is 76.3 cm³/mol. The minimum Gasteiger partial charge on any atom is -0.369 e. The molecule has 0 aliphatic carbocycles. The van der Waals surface area contributed by atoms with Gasteiger partial charge in [-0.15, -0.1) is 10.2 Å². The number of nitrogens with one attached hydrogen (secondary N) is 1. The Morgan fingerprint density at radius 3 is 2.32 bits per heavy atom. The minimum atomic E-state index is 0.921. The average molecular weight is 257 g/mol. The van der Waals surface area contributed by atoms with Gasteiger partial charge in [-0.2, -0.15) is 0 Å². The molecule has 3 rings (SSSR count). The summed E-state index contributed by atoms with van der Waals surface area (Å²) in [5.41, 5.74) is 2.39. The molecule has 19 heavy (non-hydrogen) atoms. The molecule has 1 aromatic carbocycles. The fourth-order valence-corrected chi connectivity index (χ4v) is 2.40. The van der Waals surface area contributed by atoms with Crippen LogP contribution in [-0.4, -0.2) is 40.9 Å². The fraction of sp³-hybridized carbons (Fsp3) is 0.429. The molecule has 1 aliphatic heterocycles. The molecule has 1 fully saturated rings. The molecule has 0 atom stereocenters. The van der Waals surface area contributed by atoms with Crippen LogP contribution in [0.25, 0.3) is 11.4 Å². The normalized spacial score (nSPS) is 15.8. The topological polar surface area (TPSA) is 46.0 Å². The summed E-state index contributed by atoms with van der Waals surface area (Å²) in [6, 6.07) is 8.59. The highest BCUT2D eigenvalue weighted by molar-refractivity contribution is 5.60. The molecule has 1 aromatic heterocycles. The molecule has 0 spiro atoms. The van der Waals surface area contributed by atoms with Crippen molar-refractivity contribution >= 4 is 5.69 Å². The van der Waals surface area contributed by atoms with Gasteiger partial charge in [0.2, 0.25) is 0 Å². The van der Waals surface area contributed by atoms with Crippen LogP contribution in [0, 0.1) is 6.92 Å². The predicted octanol–water partition coefficient (Wildman–Crippen LogP) is 1.20. The molecule has 0 bridgehead atoms. The van der Waals surface area contributed by atoms with Crippen molar-refractivity contribution in [3.05, 3.63) is 30.1 Å². The summed E-state index contributed by atoms with van der Waals surface area (Å²) in [4.78, 5) is 2.40. The zero-order valence-corrected chi connectivity index (χ0v) is 11.4. The smallest absolute Gasteiger partial charge is 0.163 e. The largest absolute Gasteiger partial charge is 0.369 e. The van der Waals surface area contributed by atoms with Gasteiger partial charge in [0.25, 0.3) is 0 Å². The van der Waals surface area contributed by atoms with E-state index in [-0.39, 0.29) is 0 Å². The second-order valence-electron chi connectivity index (χ2n) is 4.91. The van der Waals surface area contributed by atoms with E-state index in [0.717, 1.165) is 43.4 Å². The van der Waals surface area contributed by atoms with Crippen LogP contribution in [0.15, 0.2) is 24.3 Å². The lowest BCUT2D eigenvalue weighted by atomic mass is 10.1. The van der Waals surface area contributed by atoms with Crippen molar-refractivity contribution in [3.63, 3.8) is 0 Å². The molecule has 1 N–H and O–H groups in total. The van der Waals surface area contributed by atoms with Crippen LogP contribution in [0.4, 0.5) is 5.69 Å². The monoisotopic (exact) mass is 257 g/mol. The molecule has 5 heteroatoms. The Hall–Kier alpha value is -1.88. The Kier molecular flexibility index (Phi) is 3.21. The van der Waals surface area contributed by atoms with E-state index in [9.17, 15) is 0 Å². The maximum atomic E-state index is 4.22. The van der Waals surface area contributed by atoms with Crippen molar-refractivity contribution < 1.29 is 0 Å². The number of benzene rings is 1. The van der Waals surface area contributed by atoms with Crippen LogP contribution in [0.5, 0.6) is 0 Å². The van der Waals surface area contributed by atoms with Gasteiger partial charge in [0, 0.05) is 44.5 Å². The SMILES string of the molecule is Cc1nnc(-c2ccc(N3CCNCC3)cc2)n1C. The van der Waals surface area contributed by atoms with E-state index >= 15 is 0 Å². The van der Waals surface area contributed by atoms with Crippen LogP contribution in [0.3, 0.4) is 0 Å². The van der Waals surface area contributed by atoms with Crippen LogP contribution in [-0.2, 0) is 7.05 Å². The van der Waals surface area contributed by atoms with Crippen molar-refractivity contribution in [2.45, 2.75) is 6.92 Å². The number of piperazine rings is 1. The number of hydrogen-bond donors (Lipinski definition) is 1. The van der Waals surface area contributed by atoms with Gasteiger partial charge < -0.3 is 14.8 Å². The zero-order valence-electron chi connectivity index (χ0n) is 11.4. The Balaban J connectivity index is 1.84. The molecule has 0 saturated carbocycles. The molecular formula is C14H19N5. The van der Waals surface area contributed by atoms with Crippen LogP contribution in [0.2, 0.25) is 0 Å². The third-order valence-corrected chi connectivity index (χ3v) is 3.70. The average Bonchev–Trinajstić information content (AvgIpc) is 2.80. The lowest BCUT2D eigenvalue weighted by Gasteiger charge is -2.29. The summed E-state index contributed by atoms with van der Waals surface area (Å²) in [7, 11) is 1.99. The van der Waals surface area contributed by atoms with E-state index in [0.29, 0.717) is 0 Å². The molecule has 5 nitrogen and oxygen atoms in total. The molecule has 0 amide bonds. The molecule has 2 heterocycles. The Morgan fingerprint density at radius 1 is 1.05 bits per heavy atom. The Morgan fingerprint density at radius 2 is 1.74 bits per heavy atom. The minimum absolute atomic E-state index is 0.921. The van der Waals surface area contributed by atoms with E-state index in [1.165, 1.54) is 5.69 Å². The van der Waals surface area contributed by atoms with E-state index in [1.807, 2.05) is 18.5 Å². The first-order valence-electron chi connectivity index (χ1n) is 6.68. The van der Waals surface area contributed by atoms with Crippen molar-refractivity contribution in [2.75, 3.05) is 31.1 Å². The molecular weight excluding hydrogens is 238 g/mol. The molecule has 0 radical (unpaired) electrons. The second kappa shape index (κ2) is 5.01. The van der Waals surface area contributed by atoms with Gasteiger partial charge in [-0.25, -0.2) is 0 Å². The third-order valence-electron chi connectivity index (χ3n) is 3.70. The highest BCUT2D eigenvalue weighted by atomic mass is 15.3. The van der Waals surface area contributed by atoms with Crippen molar-refractivity contribution in [3.8, 4) is 11.4 Å². The lowest BCUT2D eigenvalue weighted by Crippen LogP contribution is -2.43. The Bertz CT molecular complexity index is 552. The lowest BCUT2D eigenvalue weighted by molar-refractivity contribution is 0.589. The number of anilines is 1. The molecule has 100 valence electrons. The second-order valence-corrected chi connectivity index (χ2v) is 4.91. The van der Waals surface area contributed by atoms with Gasteiger partial charge in [-0.3, -0.25) is 0 Å². The first-order valence-corrected chi connectivity index (χ1v) is 6.68. The number of aromatic nitrogens is 3. The summed E-state index contributed by atoms with van der Waals surface area (Å²) in [6.07, 6.45) is 0. The number of nitrogens with zero attached hydrogens (tertiary/aromatic N) is 4. The summed E-state index contributed by atoms with van der Waals surface area (Å²) < 4.78 is 2.01. The van der Waals surface area contributed by atoms with Gasteiger partial charge >= 0.3 is 0 Å². The maximum Gasteiger partial charge on any atom is 0.163 e. The maximum absolute atomic E-state index is 4.22. The summed E-state index contributed by atoms with van der Waals surface area (Å²) >= 11 is 0. The number of aryl methyl sites for hydroxylation is 1. The highest BCUT2D eigenvalue weighted by Gasteiger charge is 2.11. The van der Waals surface area contributed by atoms with Gasteiger partial charge in [-0.05, 0) is 31.2 Å². The quantitative estimate of drug-likeness (QED) is 0.878. The van der Waals surface area contributed by atoms with Gasteiger partial charge in [0.15, 0.2) is 5.82 Å². The standard InChI is InChI=1S/C14H19N5/c1-11-16-17-14(18(11)2)12-3-5-13(6-4-12)19-9-7-15-8-10-19/h3-6,15H,7-10H2,1-2H3. The Labute approximate surface area is 113 Å². The summed E-state index contributed by atoms with van der Waals surface area (Å²) in [5.74, 6) is 1.85. The number of rotatable bonds is 2. The van der Waals surface area contributed by atoms with E-state index in [2.05, 4.69) is 44.7 Å². The first kappa shape index (κ1) is 12.2. The third kappa shape index (κ3) is 2.33. The molecule has 1 saturated heterocycles. The zero-order chi connectivity index (χ0) is 13.2. The number of hydrogen-bond acceptors (Lipinski definition) is 4. The van der Waals surface area contributed by atoms with Gasteiger partial charge in [0.1, 0.15) is 5.82 Å². The van der Waals surface area contributed by atoms with Crippen molar-refractivity contribution in [1.29, 1.82) is 0 Å². The first-order chi connectivity index (χ1) is 9.25. The van der Waals surface area contributed by atoms with E-state index in [1.54, 1.807) is 0 Å². The van der Waals surface area contributed by atoms with Crippen molar-refractivity contribution in [2.24, 2.45) is 7.05 Å². The molecule has 1 aliphatic rings. The van der Waals surface area contributed by atoms with Crippen LogP contribution >= 0.6 is 0 Å². The summed E-state index contributed by atoms with van der Waals surface area (Å²) in [6.45, 7) is 6.23. The van der Waals surface area contributed by atoms with E-state index in [4.69, 9.17) is 0 Å². The fourth-order valence-electron chi connectivity index (χ4n) is 2.40. The highest BCUT2D eigenvalue weighted by Crippen LogP contribution is 2.22. The summed E-state index contributed by atoms with van der Waals surface area (Å²) in [5, 5.41) is 11.7. The van der Waals surface area contributed by atoms with Gasteiger partial charge in [0.05, 0.1) is 0 Å². The van der Waals surface area contributed by atoms with Crippen molar-refractivity contribution in [1.82, 2.24) is 20.1 Å².